The van der Waals surface area contributed by atoms with Gasteiger partial charge in [-0.1, -0.05) is 23.7 Å². The highest BCUT2D eigenvalue weighted by atomic mass is 35.5. The molecule has 0 aliphatic rings. The number of carbonyl (C=O) groups excluding carboxylic acids is 1. The molecule has 108 valence electrons. The van der Waals surface area contributed by atoms with Crippen molar-refractivity contribution >= 4 is 28.9 Å². The van der Waals surface area contributed by atoms with Crippen LogP contribution < -0.4 is 5.32 Å². The van der Waals surface area contributed by atoms with Gasteiger partial charge in [0.1, 0.15) is 5.02 Å². The minimum Gasteiger partial charge on any atom is -0.322 e. The fourth-order valence-electron chi connectivity index (χ4n) is 1.93. The fourth-order valence-corrected chi connectivity index (χ4v) is 2.11. The van der Waals surface area contributed by atoms with E-state index < -0.39 is 4.92 Å². The van der Waals surface area contributed by atoms with E-state index in [4.69, 9.17) is 11.6 Å². The Labute approximate surface area is 126 Å². The number of nitro benzene ring substituents is 1. The average molecular weight is 305 g/mol. The lowest BCUT2D eigenvalue weighted by Crippen LogP contribution is -2.14. The number of hydrogen-bond donors (Lipinski definition) is 1. The largest absolute Gasteiger partial charge is 0.322 e. The third kappa shape index (κ3) is 3.20. The smallest absolute Gasteiger partial charge is 0.289 e. The first-order chi connectivity index (χ1) is 9.90. The molecule has 0 heterocycles. The summed E-state index contributed by atoms with van der Waals surface area (Å²) in [5, 5.41) is 13.5. The minimum absolute atomic E-state index is 0.0322. The number of hydrogen-bond acceptors (Lipinski definition) is 3. The molecule has 0 bridgehead atoms. The molecular formula is C15H13ClN2O3. The first-order valence-corrected chi connectivity index (χ1v) is 6.59. The molecule has 0 fully saturated rings. The van der Waals surface area contributed by atoms with Gasteiger partial charge in [-0.3, -0.25) is 14.9 Å². The number of halogens is 1. The molecule has 0 saturated heterocycles. The monoisotopic (exact) mass is 304 g/mol. The number of benzene rings is 2. The second-order valence-corrected chi connectivity index (χ2v) is 5.03. The zero-order valence-corrected chi connectivity index (χ0v) is 12.3. The molecule has 2 aromatic carbocycles. The molecule has 0 aliphatic heterocycles. The van der Waals surface area contributed by atoms with Gasteiger partial charge in [0.25, 0.3) is 11.6 Å². The van der Waals surface area contributed by atoms with E-state index in [1.165, 1.54) is 18.2 Å². The van der Waals surface area contributed by atoms with Gasteiger partial charge in [-0.2, -0.15) is 0 Å². The van der Waals surface area contributed by atoms with Gasteiger partial charge in [0.15, 0.2) is 0 Å². The summed E-state index contributed by atoms with van der Waals surface area (Å²) in [6.45, 7) is 3.77. The van der Waals surface area contributed by atoms with Crippen molar-refractivity contribution in [3.63, 3.8) is 0 Å². The normalized spacial score (nSPS) is 10.2. The van der Waals surface area contributed by atoms with Gasteiger partial charge in [-0.05, 0) is 43.2 Å². The molecule has 0 atom stereocenters. The van der Waals surface area contributed by atoms with Crippen molar-refractivity contribution in [2.45, 2.75) is 13.8 Å². The zero-order valence-electron chi connectivity index (χ0n) is 11.5. The van der Waals surface area contributed by atoms with Gasteiger partial charge in [0, 0.05) is 17.3 Å². The van der Waals surface area contributed by atoms with E-state index in [0.29, 0.717) is 11.3 Å². The Balaban J connectivity index is 2.30. The van der Waals surface area contributed by atoms with Crippen molar-refractivity contribution in [2.24, 2.45) is 0 Å². The lowest BCUT2D eigenvalue weighted by atomic mass is 10.0. The Bertz CT molecular complexity index is 729. The summed E-state index contributed by atoms with van der Waals surface area (Å²) in [5.74, 6) is -0.312. The fraction of sp³-hybridized carbons (Fsp3) is 0.133. The first kappa shape index (κ1) is 15.0. The SMILES string of the molecule is Cc1cccc(C(=O)Nc2ccc(Cl)c([N+](=O)[O-])c2)c1C. The molecule has 6 heteroatoms. The van der Waals surface area contributed by atoms with E-state index >= 15 is 0 Å². The van der Waals surface area contributed by atoms with Crippen LogP contribution in [0, 0.1) is 24.0 Å². The summed E-state index contributed by atoms with van der Waals surface area (Å²) in [6.07, 6.45) is 0. The Kier molecular flexibility index (Phi) is 4.23. The highest BCUT2D eigenvalue weighted by Crippen LogP contribution is 2.27. The number of carbonyl (C=O) groups is 1. The Morgan fingerprint density at radius 1 is 1.24 bits per heavy atom. The lowest BCUT2D eigenvalue weighted by molar-refractivity contribution is -0.384. The average Bonchev–Trinajstić information content (AvgIpc) is 2.43. The quantitative estimate of drug-likeness (QED) is 0.685. The van der Waals surface area contributed by atoms with Crippen LogP contribution in [0.25, 0.3) is 0 Å². The van der Waals surface area contributed by atoms with Crippen LogP contribution >= 0.6 is 11.6 Å². The van der Waals surface area contributed by atoms with Crippen LogP contribution in [0.5, 0.6) is 0 Å². The van der Waals surface area contributed by atoms with Gasteiger partial charge in [0.2, 0.25) is 0 Å². The topological polar surface area (TPSA) is 72.2 Å². The van der Waals surface area contributed by atoms with Crippen LogP contribution in [0.1, 0.15) is 21.5 Å². The molecule has 5 nitrogen and oxygen atoms in total. The van der Waals surface area contributed by atoms with Crippen LogP contribution in [0.3, 0.4) is 0 Å². The van der Waals surface area contributed by atoms with Gasteiger partial charge < -0.3 is 5.32 Å². The van der Waals surface area contributed by atoms with E-state index in [9.17, 15) is 14.9 Å². The summed E-state index contributed by atoms with van der Waals surface area (Å²) in [4.78, 5) is 22.5. The molecule has 0 unspecified atom stereocenters. The van der Waals surface area contributed by atoms with Crippen molar-refractivity contribution in [3.8, 4) is 0 Å². The summed E-state index contributed by atoms with van der Waals surface area (Å²) in [7, 11) is 0. The standard InChI is InChI=1S/C15H13ClN2O3/c1-9-4-3-5-12(10(9)2)15(19)17-11-6-7-13(16)14(8-11)18(20)21/h3-8H,1-2H3,(H,17,19). The van der Waals surface area contributed by atoms with Gasteiger partial charge >= 0.3 is 0 Å². The maximum Gasteiger partial charge on any atom is 0.289 e. The molecule has 2 rings (SSSR count). The molecule has 21 heavy (non-hydrogen) atoms. The maximum absolute atomic E-state index is 12.2. The maximum atomic E-state index is 12.2. The number of aryl methyl sites for hydroxylation is 1. The molecule has 0 aliphatic carbocycles. The molecule has 0 aromatic heterocycles. The van der Waals surface area contributed by atoms with Crippen molar-refractivity contribution < 1.29 is 9.72 Å². The second kappa shape index (κ2) is 5.93. The number of nitro groups is 1. The van der Waals surface area contributed by atoms with Gasteiger partial charge in [-0.15, -0.1) is 0 Å². The van der Waals surface area contributed by atoms with Gasteiger partial charge in [-0.25, -0.2) is 0 Å². The highest BCUT2D eigenvalue weighted by Gasteiger charge is 2.15. The summed E-state index contributed by atoms with van der Waals surface area (Å²) in [6, 6.07) is 9.57. The van der Waals surface area contributed by atoms with Crippen LogP contribution in [0.4, 0.5) is 11.4 Å². The molecule has 0 spiro atoms. The van der Waals surface area contributed by atoms with Crippen LogP contribution in [0.2, 0.25) is 5.02 Å². The second-order valence-electron chi connectivity index (χ2n) is 4.62. The van der Waals surface area contributed by atoms with Crippen molar-refractivity contribution in [1.82, 2.24) is 0 Å². The van der Waals surface area contributed by atoms with E-state index in [2.05, 4.69) is 5.32 Å². The first-order valence-electron chi connectivity index (χ1n) is 6.21. The predicted molar refractivity (Wildman–Crippen MR) is 82.0 cm³/mol. The highest BCUT2D eigenvalue weighted by molar-refractivity contribution is 6.32. The number of amides is 1. The van der Waals surface area contributed by atoms with Crippen molar-refractivity contribution in [1.29, 1.82) is 0 Å². The van der Waals surface area contributed by atoms with E-state index in [1.807, 2.05) is 19.9 Å². The third-order valence-electron chi connectivity index (χ3n) is 3.25. The molecule has 2 aromatic rings. The Morgan fingerprint density at radius 3 is 2.62 bits per heavy atom. The Morgan fingerprint density at radius 2 is 1.95 bits per heavy atom. The molecule has 1 N–H and O–H groups in total. The minimum atomic E-state index is -0.587. The zero-order chi connectivity index (χ0) is 15.6. The number of nitrogens with zero attached hydrogens (tertiary/aromatic N) is 1. The summed E-state index contributed by atoms with van der Waals surface area (Å²) >= 11 is 5.74. The summed E-state index contributed by atoms with van der Waals surface area (Å²) in [5.41, 5.74) is 2.50. The van der Waals surface area contributed by atoms with Gasteiger partial charge in [0.05, 0.1) is 4.92 Å². The van der Waals surface area contributed by atoms with Crippen LogP contribution in [-0.4, -0.2) is 10.8 Å². The van der Waals surface area contributed by atoms with Crippen molar-refractivity contribution in [2.75, 3.05) is 5.32 Å². The van der Waals surface area contributed by atoms with E-state index in [0.717, 1.165) is 11.1 Å². The molecular weight excluding hydrogens is 292 g/mol. The van der Waals surface area contributed by atoms with E-state index in [1.54, 1.807) is 12.1 Å². The van der Waals surface area contributed by atoms with Crippen molar-refractivity contribution in [3.05, 3.63) is 68.2 Å². The van der Waals surface area contributed by atoms with Crippen LogP contribution in [0.15, 0.2) is 36.4 Å². The molecule has 1 amide bonds. The predicted octanol–water partition coefficient (Wildman–Crippen LogP) is 4.12. The lowest BCUT2D eigenvalue weighted by Gasteiger charge is -2.09. The van der Waals surface area contributed by atoms with Crippen LogP contribution in [-0.2, 0) is 0 Å². The molecule has 0 saturated carbocycles. The Hall–Kier alpha value is -2.40. The van der Waals surface area contributed by atoms with E-state index in [-0.39, 0.29) is 16.6 Å². The summed E-state index contributed by atoms with van der Waals surface area (Å²) < 4.78 is 0. The number of anilines is 1. The number of nitrogens with one attached hydrogen (secondary N) is 1. The third-order valence-corrected chi connectivity index (χ3v) is 3.57. The molecule has 0 radical (unpaired) electrons. The number of rotatable bonds is 3.